The van der Waals surface area contributed by atoms with E-state index in [-0.39, 0.29) is 22.3 Å². The number of halogens is 1. The number of hydrogen-bond acceptors (Lipinski definition) is 6. The number of nitrogens with zero attached hydrogens (tertiary/aromatic N) is 4. The summed E-state index contributed by atoms with van der Waals surface area (Å²) in [5.74, 6) is 0. The summed E-state index contributed by atoms with van der Waals surface area (Å²) in [7, 11) is -0.150. The minimum atomic E-state index is -3.65. The molecule has 0 aliphatic carbocycles. The first-order valence-corrected chi connectivity index (χ1v) is 8.03. The third-order valence-corrected chi connectivity index (χ3v) is 5.14. The van der Waals surface area contributed by atoms with Gasteiger partial charge in [-0.3, -0.25) is 0 Å². The van der Waals surface area contributed by atoms with Gasteiger partial charge in [0.05, 0.1) is 12.7 Å². The number of nitrogens with one attached hydrogen (secondary N) is 1. The molecular formula is C9H16BrN5O3S. The standard InChI is InChI=1S/C9H16BrN5O3S/c1-14-3-4-18-7(6-14)5-11-19(16,17)9-8(10)12-13-15(9)2/h7,11H,3-6H2,1-2H3. The summed E-state index contributed by atoms with van der Waals surface area (Å²) in [6.45, 7) is 2.40. The highest BCUT2D eigenvalue weighted by atomic mass is 79.9. The van der Waals surface area contributed by atoms with Crippen molar-refractivity contribution in [1.82, 2.24) is 24.6 Å². The van der Waals surface area contributed by atoms with E-state index in [2.05, 4.69) is 35.9 Å². The van der Waals surface area contributed by atoms with Gasteiger partial charge in [0.2, 0.25) is 5.03 Å². The summed E-state index contributed by atoms with van der Waals surface area (Å²) in [5.41, 5.74) is 0. The molecule has 108 valence electrons. The quantitative estimate of drug-likeness (QED) is 0.761. The molecule has 0 aromatic carbocycles. The number of aryl methyl sites for hydroxylation is 1. The zero-order chi connectivity index (χ0) is 14.0. The van der Waals surface area contributed by atoms with Crippen LogP contribution in [-0.2, 0) is 21.8 Å². The average molecular weight is 354 g/mol. The molecule has 8 nitrogen and oxygen atoms in total. The van der Waals surface area contributed by atoms with Gasteiger partial charge in [-0.05, 0) is 23.0 Å². The molecule has 1 N–H and O–H groups in total. The van der Waals surface area contributed by atoms with Gasteiger partial charge in [0.25, 0.3) is 10.0 Å². The Balaban J connectivity index is 2.02. The Hall–Kier alpha value is -0.550. The zero-order valence-corrected chi connectivity index (χ0v) is 13.1. The van der Waals surface area contributed by atoms with Crippen LogP contribution in [0.5, 0.6) is 0 Å². The molecule has 1 unspecified atom stereocenters. The smallest absolute Gasteiger partial charge is 0.260 e. The number of rotatable bonds is 4. The van der Waals surface area contributed by atoms with Crippen molar-refractivity contribution in [2.75, 3.05) is 33.3 Å². The summed E-state index contributed by atoms with van der Waals surface area (Å²) in [4.78, 5) is 2.10. The van der Waals surface area contributed by atoms with Crippen molar-refractivity contribution in [3.8, 4) is 0 Å². The first-order chi connectivity index (χ1) is 8.90. The van der Waals surface area contributed by atoms with Crippen molar-refractivity contribution < 1.29 is 13.2 Å². The molecule has 1 aliphatic heterocycles. The van der Waals surface area contributed by atoms with Crippen LogP contribution in [0.15, 0.2) is 9.63 Å². The van der Waals surface area contributed by atoms with Gasteiger partial charge < -0.3 is 9.64 Å². The van der Waals surface area contributed by atoms with Crippen LogP contribution in [-0.4, -0.2) is 67.7 Å². The van der Waals surface area contributed by atoms with Crippen molar-refractivity contribution >= 4 is 26.0 Å². The summed E-state index contributed by atoms with van der Waals surface area (Å²) in [5, 5.41) is 7.32. The third-order valence-electron chi connectivity index (χ3n) is 2.83. The fraction of sp³-hybridized carbons (Fsp3) is 0.778. The van der Waals surface area contributed by atoms with Crippen molar-refractivity contribution in [2.24, 2.45) is 7.05 Å². The van der Waals surface area contributed by atoms with Crippen LogP contribution in [0.25, 0.3) is 0 Å². The Morgan fingerprint density at radius 1 is 1.53 bits per heavy atom. The van der Waals surface area contributed by atoms with Crippen molar-refractivity contribution in [1.29, 1.82) is 0 Å². The van der Waals surface area contributed by atoms with Crippen LogP contribution in [0.2, 0.25) is 0 Å². The molecule has 1 fully saturated rings. The molecule has 0 amide bonds. The number of ether oxygens (including phenoxy) is 1. The second-order valence-corrected chi connectivity index (χ2v) is 6.85. The molecule has 2 rings (SSSR count). The summed E-state index contributed by atoms with van der Waals surface area (Å²) < 4.78 is 33.7. The molecule has 2 heterocycles. The van der Waals surface area contributed by atoms with Gasteiger partial charge in [0.15, 0.2) is 4.60 Å². The van der Waals surface area contributed by atoms with E-state index in [9.17, 15) is 8.42 Å². The first kappa shape index (κ1) is 14.9. The maximum Gasteiger partial charge on any atom is 0.260 e. The van der Waals surface area contributed by atoms with Crippen LogP contribution in [0.1, 0.15) is 0 Å². The summed E-state index contributed by atoms with van der Waals surface area (Å²) in [6, 6.07) is 0. The van der Waals surface area contributed by atoms with Gasteiger partial charge in [0, 0.05) is 26.7 Å². The fourth-order valence-corrected chi connectivity index (χ4v) is 4.03. The fourth-order valence-electron chi connectivity index (χ4n) is 1.87. The lowest BCUT2D eigenvalue weighted by atomic mass is 10.3. The molecular weight excluding hydrogens is 338 g/mol. The molecule has 1 aliphatic rings. The van der Waals surface area contributed by atoms with Crippen molar-refractivity contribution in [2.45, 2.75) is 11.1 Å². The van der Waals surface area contributed by atoms with Crippen LogP contribution in [0, 0.1) is 0 Å². The van der Waals surface area contributed by atoms with Gasteiger partial charge in [-0.2, -0.15) is 0 Å². The lowest BCUT2D eigenvalue weighted by molar-refractivity contribution is -0.0156. The first-order valence-electron chi connectivity index (χ1n) is 5.75. The number of likely N-dealkylation sites (N-methyl/N-ethyl adjacent to an activating group) is 1. The monoisotopic (exact) mass is 353 g/mol. The highest BCUT2D eigenvalue weighted by molar-refractivity contribution is 9.10. The van der Waals surface area contributed by atoms with E-state index < -0.39 is 10.0 Å². The maximum absolute atomic E-state index is 12.1. The van der Waals surface area contributed by atoms with Gasteiger partial charge in [-0.1, -0.05) is 5.21 Å². The number of hydrogen-bond donors (Lipinski definition) is 1. The SMILES string of the molecule is CN1CCOC(CNS(=O)(=O)c2c(Br)nnn2C)C1. The van der Waals surface area contributed by atoms with E-state index in [0.29, 0.717) is 13.2 Å². The molecule has 0 spiro atoms. The van der Waals surface area contributed by atoms with Crippen molar-refractivity contribution in [3.63, 3.8) is 0 Å². The van der Waals surface area contributed by atoms with E-state index in [4.69, 9.17) is 4.74 Å². The highest BCUT2D eigenvalue weighted by Crippen LogP contribution is 2.17. The third kappa shape index (κ3) is 3.51. The minimum absolute atomic E-state index is 0.0108. The van der Waals surface area contributed by atoms with Crippen LogP contribution in [0.4, 0.5) is 0 Å². The molecule has 1 atom stereocenters. The largest absolute Gasteiger partial charge is 0.374 e. The van der Waals surface area contributed by atoms with Gasteiger partial charge >= 0.3 is 0 Å². The van der Waals surface area contributed by atoms with E-state index in [1.54, 1.807) is 0 Å². The van der Waals surface area contributed by atoms with Crippen LogP contribution >= 0.6 is 15.9 Å². The van der Waals surface area contributed by atoms with E-state index in [1.807, 2.05) is 7.05 Å². The van der Waals surface area contributed by atoms with E-state index in [1.165, 1.54) is 11.7 Å². The minimum Gasteiger partial charge on any atom is -0.374 e. The Labute approximate surface area is 120 Å². The molecule has 1 aromatic heterocycles. The zero-order valence-electron chi connectivity index (χ0n) is 10.7. The molecule has 0 saturated carbocycles. The van der Waals surface area contributed by atoms with Crippen molar-refractivity contribution in [3.05, 3.63) is 4.60 Å². The average Bonchev–Trinajstić information content (AvgIpc) is 2.67. The Kier molecular flexibility index (Phi) is 4.56. The molecule has 0 radical (unpaired) electrons. The summed E-state index contributed by atoms with van der Waals surface area (Å²) >= 11 is 3.08. The Morgan fingerprint density at radius 2 is 2.26 bits per heavy atom. The topological polar surface area (TPSA) is 89.3 Å². The summed E-state index contributed by atoms with van der Waals surface area (Å²) in [6.07, 6.45) is -0.145. The highest BCUT2D eigenvalue weighted by Gasteiger charge is 2.26. The van der Waals surface area contributed by atoms with E-state index >= 15 is 0 Å². The Morgan fingerprint density at radius 3 is 2.84 bits per heavy atom. The van der Waals surface area contributed by atoms with Gasteiger partial charge in [-0.25, -0.2) is 17.8 Å². The number of aromatic nitrogens is 3. The number of morpholine rings is 1. The molecule has 1 aromatic rings. The number of sulfonamides is 1. The predicted octanol–water partition coefficient (Wildman–Crippen LogP) is -0.813. The molecule has 10 heteroatoms. The van der Waals surface area contributed by atoms with Crippen LogP contribution in [0.3, 0.4) is 0 Å². The molecule has 1 saturated heterocycles. The maximum atomic E-state index is 12.1. The lowest BCUT2D eigenvalue weighted by Gasteiger charge is -2.29. The lowest BCUT2D eigenvalue weighted by Crippen LogP contribution is -2.46. The van der Waals surface area contributed by atoms with E-state index in [0.717, 1.165) is 6.54 Å². The molecule has 0 bridgehead atoms. The van der Waals surface area contributed by atoms with Gasteiger partial charge in [0.1, 0.15) is 0 Å². The van der Waals surface area contributed by atoms with Crippen LogP contribution < -0.4 is 4.72 Å². The van der Waals surface area contributed by atoms with Gasteiger partial charge in [-0.15, -0.1) is 5.10 Å². The second kappa shape index (κ2) is 5.83. The predicted molar refractivity (Wildman–Crippen MR) is 71.1 cm³/mol. The Bertz CT molecular complexity index is 527. The normalized spacial score (nSPS) is 21.7. The second-order valence-electron chi connectivity index (χ2n) is 4.42. The molecule has 19 heavy (non-hydrogen) atoms.